The highest BCUT2D eigenvalue weighted by Crippen LogP contribution is 2.24. The van der Waals surface area contributed by atoms with Crippen molar-refractivity contribution in [2.75, 3.05) is 18.0 Å². The normalized spacial score (nSPS) is 15.8. The lowest BCUT2D eigenvalue weighted by Crippen LogP contribution is -2.33. The number of carboxylic acids is 1. The van der Waals surface area contributed by atoms with Crippen LogP contribution in [0.3, 0.4) is 0 Å². The maximum Gasteiger partial charge on any atom is 0.354 e. The van der Waals surface area contributed by atoms with Crippen molar-refractivity contribution in [3.8, 4) is 11.4 Å². The Balaban J connectivity index is 1.99. The van der Waals surface area contributed by atoms with Crippen molar-refractivity contribution in [1.82, 2.24) is 15.0 Å². The monoisotopic (exact) mass is 298 g/mol. The van der Waals surface area contributed by atoms with Crippen LogP contribution in [0.5, 0.6) is 0 Å². The standard InChI is InChI=1S/C16H18N4O2/c1-11-4-7-20(8-5-11)14-9-13(16(21)22)18-15(19-14)12-3-2-6-17-10-12/h2-3,6,9-11H,4-5,7-8H2,1H3,(H,21,22). The molecule has 0 saturated carbocycles. The van der Waals surface area contributed by atoms with Gasteiger partial charge in [0.15, 0.2) is 11.5 Å². The van der Waals surface area contributed by atoms with E-state index in [1.54, 1.807) is 24.5 Å². The average molecular weight is 298 g/mol. The molecular weight excluding hydrogens is 280 g/mol. The summed E-state index contributed by atoms with van der Waals surface area (Å²) in [7, 11) is 0. The minimum Gasteiger partial charge on any atom is -0.477 e. The van der Waals surface area contributed by atoms with Crippen LogP contribution >= 0.6 is 0 Å². The number of nitrogens with zero attached hydrogens (tertiary/aromatic N) is 4. The molecule has 1 N–H and O–H groups in total. The Labute approximate surface area is 128 Å². The molecule has 0 bridgehead atoms. The fraction of sp³-hybridized carbons (Fsp3) is 0.375. The second-order valence-corrected chi connectivity index (χ2v) is 5.65. The lowest BCUT2D eigenvalue weighted by Gasteiger charge is -2.31. The molecule has 1 aliphatic heterocycles. The number of rotatable bonds is 3. The third kappa shape index (κ3) is 3.05. The van der Waals surface area contributed by atoms with Crippen LogP contribution in [0.2, 0.25) is 0 Å². The molecule has 0 spiro atoms. The van der Waals surface area contributed by atoms with Gasteiger partial charge < -0.3 is 10.0 Å². The van der Waals surface area contributed by atoms with E-state index in [1.807, 2.05) is 6.07 Å². The summed E-state index contributed by atoms with van der Waals surface area (Å²) >= 11 is 0. The van der Waals surface area contributed by atoms with Gasteiger partial charge in [-0.05, 0) is 30.9 Å². The van der Waals surface area contributed by atoms with E-state index < -0.39 is 5.97 Å². The zero-order valence-electron chi connectivity index (χ0n) is 12.4. The SMILES string of the molecule is CC1CCN(c2cc(C(=O)O)nc(-c3cccnc3)n2)CC1. The minimum absolute atomic E-state index is 0.0162. The van der Waals surface area contributed by atoms with Crippen molar-refractivity contribution >= 4 is 11.8 Å². The maximum absolute atomic E-state index is 11.3. The Morgan fingerprint density at radius 2 is 2.09 bits per heavy atom. The van der Waals surface area contributed by atoms with Gasteiger partial charge in [-0.1, -0.05) is 6.92 Å². The van der Waals surface area contributed by atoms with Crippen molar-refractivity contribution in [1.29, 1.82) is 0 Å². The number of carbonyl (C=O) groups is 1. The zero-order chi connectivity index (χ0) is 15.5. The second kappa shape index (κ2) is 6.09. The van der Waals surface area contributed by atoms with Gasteiger partial charge >= 0.3 is 5.97 Å². The lowest BCUT2D eigenvalue weighted by molar-refractivity contribution is 0.0690. The van der Waals surface area contributed by atoms with Crippen molar-refractivity contribution in [2.45, 2.75) is 19.8 Å². The molecule has 0 aromatic carbocycles. The molecule has 1 saturated heterocycles. The molecule has 6 heteroatoms. The molecule has 2 aromatic heterocycles. The summed E-state index contributed by atoms with van der Waals surface area (Å²) in [6, 6.07) is 5.17. The Kier molecular flexibility index (Phi) is 4.00. The van der Waals surface area contributed by atoms with Crippen molar-refractivity contribution in [3.63, 3.8) is 0 Å². The van der Waals surface area contributed by atoms with Gasteiger partial charge in [0.25, 0.3) is 0 Å². The van der Waals surface area contributed by atoms with E-state index in [-0.39, 0.29) is 5.69 Å². The number of hydrogen-bond donors (Lipinski definition) is 1. The van der Waals surface area contributed by atoms with Crippen LogP contribution in [0.25, 0.3) is 11.4 Å². The van der Waals surface area contributed by atoms with E-state index in [2.05, 4.69) is 26.8 Å². The van der Waals surface area contributed by atoms with E-state index in [4.69, 9.17) is 0 Å². The molecule has 1 fully saturated rings. The van der Waals surface area contributed by atoms with Gasteiger partial charge in [0.2, 0.25) is 0 Å². The lowest BCUT2D eigenvalue weighted by atomic mass is 9.99. The van der Waals surface area contributed by atoms with E-state index in [0.717, 1.165) is 31.5 Å². The first-order chi connectivity index (χ1) is 10.6. The van der Waals surface area contributed by atoms with Crippen LogP contribution in [0.15, 0.2) is 30.6 Å². The minimum atomic E-state index is -1.04. The molecule has 0 radical (unpaired) electrons. The molecule has 114 valence electrons. The molecular formula is C16H18N4O2. The number of aromatic nitrogens is 3. The highest BCUT2D eigenvalue weighted by Gasteiger charge is 2.20. The summed E-state index contributed by atoms with van der Waals surface area (Å²) < 4.78 is 0. The van der Waals surface area contributed by atoms with Gasteiger partial charge in [-0.2, -0.15) is 0 Å². The Bertz CT molecular complexity index is 667. The van der Waals surface area contributed by atoms with Crippen LogP contribution in [0, 0.1) is 5.92 Å². The van der Waals surface area contributed by atoms with Crippen molar-refractivity contribution < 1.29 is 9.90 Å². The fourth-order valence-electron chi connectivity index (χ4n) is 2.57. The number of pyridine rings is 1. The summed E-state index contributed by atoms with van der Waals surface area (Å²) in [4.78, 5) is 26.2. The smallest absolute Gasteiger partial charge is 0.354 e. The predicted molar refractivity (Wildman–Crippen MR) is 82.8 cm³/mol. The van der Waals surface area contributed by atoms with Crippen LogP contribution in [0.4, 0.5) is 5.82 Å². The van der Waals surface area contributed by atoms with Crippen LogP contribution in [-0.2, 0) is 0 Å². The highest BCUT2D eigenvalue weighted by atomic mass is 16.4. The number of anilines is 1. The van der Waals surface area contributed by atoms with Crippen molar-refractivity contribution in [2.24, 2.45) is 5.92 Å². The third-order valence-electron chi connectivity index (χ3n) is 3.96. The summed E-state index contributed by atoms with van der Waals surface area (Å²) in [6.45, 7) is 4.02. The predicted octanol–water partition coefficient (Wildman–Crippen LogP) is 2.47. The van der Waals surface area contributed by atoms with Crippen LogP contribution < -0.4 is 4.90 Å². The number of carboxylic acid groups (broad SMARTS) is 1. The van der Waals surface area contributed by atoms with Gasteiger partial charge in [-0.15, -0.1) is 0 Å². The van der Waals surface area contributed by atoms with Crippen LogP contribution in [-0.4, -0.2) is 39.1 Å². The Hall–Kier alpha value is -2.50. The van der Waals surface area contributed by atoms with Gasteiger partial charge in [0, 0.05) is 37.1 Å². The number of piperidine rings is 1. The first-order valence-corrected chi connectivity index (χ1v) is 7.41. The zero-order valence-corrected chi connectivity index (χ0v) is 12.4. The fourth-order valence-corrected chi connectivity index (χ4v) is 2.57. The first kappa shape index (κ1) is 14.4. The van der Waals surface area contributed by atoms with Gasteiger partial charge in [0.05, 0.1) is 0 Å². The van der Waals surface area contributed by atoms with Gasteiger partial charge in [-0.3, -0.25) is 4.98 Å². The summed E-state index contributed by atoms with van der Waals surface area (Å²) in [5, 5.41) is 9.30. The summed E-state index contributed by atoms with van der Waals surface area (Å²) in [5.74, 6) is 0.744. The molecule has 0 amide bonds. The molecule has 0 unspecified atom stereocenters. The summed E-state index contributed by atoms with van der Waals surface area (Å²) in [5.41, 5.74) is 0.736. The molecule has 2 aromatic rings. The summed E-state index contributed by atoms with van der Waals surface area (Å²) in [6.07, 6.45) is 5.49. The number of hydrogen-bond acceptors (Lipinski definition) is 5. The molecule has 0 atom stereocenters. The molecule has 22 heavy (non-hydrogen) atoms. The molecule has 6 nitrogen and oxygen atoms in total. The third-order valence-corrected chi connectivity index (χ3v) is 3.96. The van der Waals surface area contributed by atoms with Gasteiger partial charge in [-0.25, -0.2) is 14.8 Å². The number of aromatic carboxylic acids is 1. The molecule has 0 aliphatic carbocycles. The maximum atomic E-state index is 11.3. The topological polar surface area (TPSA) is 79.2 Å². The molecule has 1 aliphatic rings. The van der Waals surface area contributed by atoms with Gasteiger partial charge in [0.1, 0.15) is 5.82 Å². The average Bonchev–Trinajstić information content (AvgIpc) is 2.56. The second-order valence-electron chi connectivity index (χ2n) is 5.65. The van der Waals surface area contributed by atoms with Crippen molar-refractivity contribution in [3.05, 3.63) is 36.3 Å². The molecule has 3 rings (SSSR count). The van der Waals surface area contributed by atoms with E-state index in [9.17, 15) is 9.90 Å². The largest absolute Gasteiger partial charge is 0.477 e. The van der Waals surface area contributed by atoms with Crippen LogP contribution in [0.1, 0.15) is 30.3 Å². The Morgan fingerprint density at radius 1 is 1.32 bits per heavy atom. The quantitative estimate of drug-likeness (QED) is 0.937. The van der Waals surface area contributed by atoms with E-state index in [0.29, 0.717) is 17.6 Å². The molecule has 3 heterocycles. The first-order valence-electron chi connectivity index (χ1n) is 7.41. The Morgan fingerprint density at radius 3 is 2.73 bits per heavy atom. The van der Waals surface area contributed by atoms with E-state index in [1.165, 1.54) is 0 Å². The highest BCUT2D eigenvalue weighted by molar-refractivity contribution is 5.87. The van der Waals surface area contributed by atoms with E-state index >= 15 is 0 Å².